The van der Waals surface area contributed by atoms with Crippen LogP contribution in [0.2, 0.25) is 0 Å². The number of hydrogen-bond acceptors (Lipinski definition) is 2. The van der Waals surface area contributed by atoms with Gasteiger partial charge in [-0.3, -0.25) is 0 Å². The van der Waals surface area contributed by atoms with Crippen LogP contribution in [0.4, 0.5) is 4.39 Å². The Labute approximate surface area is 73.4 Å². The van der Waals surface area contributed by atoms with Gasteiger partial charge in [-0.1, -0.05) is 0 Å². The zero-order valence-corrected chi connectivity index (χ0v) is 7.83. The fourth-order valence-corrected chi connectivity index (χ4v) is 1.73. The zero-order valence-electron chi connectivity index (χ0n) is 7.83. The molecule has 1 heterocycles. The predicted octanol–water partition coefficient (Wildman–Crippen LogP) is 1.05. The zero-order chi connectivity index (χ0) is 9.14. The molecule has 1 aliphatic heterocycles. The second-order valence-electron chi connectivity index (χ2n) is 3.84. The smallest absolute Gasteiger partial charge is 0.127 e. The standard InChI is InChI=1S/C9H18FNO/c1-7(2)11-4-3-8(5-11)9(10)6-12/h7-9,12H,3-6H2,1-2H3. The predicted molar refractivity (Wildman–Crippen MR) is 46.8 cm³/mol. The summed E-state index contributed by atoms with van der Waals surface area (Å²) in [5.74, 6) is 0.0531. The number of aliphatic hydroxyl groups is 1. The van der Waals surface area contributed by atoms with Gasteiger partial charge in [-0.25, -0.2) is 4.39 Å². The first-order chi connectivity index (χ1) is 5.65. The molecule has 2 nitrogen and oxygen atoms in total. The number of likely N-dealkylation sites (tertiary alicyclic amines) is 1. The number of halogens is 1. The summed E-state index contributed by atoms with van der Waals surface area (Å²) in [6.07, 6.45) is -0.131. The third kappa shape index (κ3) is 2.17. The van der Waals surface area contributed by atoms with Gasteiger partial charge in [-0.15, -0.1) is 0 Å². The summed E-state index contributed by atoms with van der Waals surface area (Å²) in [6.45, 7) is 5.70. The van der Waals surface area contributed by atoms with Crippen LogP contribution >= 0.6 is 0 Å². The van der Waals surface area contributed by atoms with Gasteiger partial charge < -0.3 is 10.0 Å². The van der Waals surface area contributed by atoms with Gasteiger partial charge in [0.2, 0.25) is 0 Å². The molecule has 0 aromatic heterocycles. The normalized spacial score (nSPS) is 28.2. The van der Waals surface area contributed by atoms with Gasteiger partial charge in [-0.2, -0.15) is 0 Å². The van der Waals surface area contributed by atoms with E-state index in [9.17, 15) is 4.39 Å². The quantitative estimate of drug-likeness (QED) is 0.693. The summed E-state index contributed by atoms with van der Waals surface area (Å²) in [6, 6.07) is 0.501. The van der Waals surface area contributed by atoms with Crippen molar-refractivity contribution < 1.29 is 9.50 Å². The van der Waals surface area contributed by atoms with E-state index in [4.69, 9.17) is 5.11 Å². The molecule has 72 valence electrons. The van der Waals surface area contributed by atoms with Crippen LogP contribution in [-0.4, -0.2) is 41.9 Å². The van der Waals surface area contributed by atoms with E-state index in [0.717, 1.165) is 19.5 Å². The van der Waals surface area contributed by atoms with E-state index >= 15 is 0 Å². The van der Waals surface area contributed by atoms with Crippen molar-refractivity contribution >= 4 is 0 Å². The second kappa shape index (κ2) is 4.19. The number of hydrogen-bond donors (Lipinski definition) is 1. The first-order valence-electron chi connectivity index (χ1n) is 4.64. The molecular formula is C9H18FNO. The average Bonchev–Trinajstić information content (AvgIpc) is 2.51. The van der Waals surface area contributed by atoms with Crippen LogP contribution < -0.4 is 0 Å². The van der Waals surface area contributed by atoms with Crippen LogP contribution in [0.3, 0.4) is 0 Å². The summed E-state index contributed by atoms with van der Waals surface area (Å²) in [4.78, 5) is 2.26. The summed E-state index contributed by atoms with van der Waals surface area (Å²) in [5, 5.41) is 8.63. The molecule has 0 aliphatic carbocycles. The van der Waals surface area contributed by atoms with Gasteiger partial charge in [0.15, 0.2) is 0 Å². The van der Waals surface area contributed by atoms with Crippen molar-refractivity contribution in [1.82, 2.24) is 4.90 Å². The van der Waals surface area contributed by atoms with Crippen molar-refractivity contribution in [2.45, 2.75) is 32.5 Å². The lowest BCUT2D eigenvalue weighted by Gasteiger charge is -2.20. The molecule has 1 aliphatic rings. The van der Waals surface area contributed by atoms with Crippen LogP contribution in [0, 0.1) is 5.92 Å². The third-order valence-corrected chi connectivity index (χ3v) is 2.67. The van der Waals surface area contributed by atoms with Gasteiger partial charge >= 0.3 is 0 Å². The molecule has 1 N–H and O–H groups in total. The van der Waals surface area contributed by atoms with Crippen molar-refractivity contribution in [2.75, 3.05) is 19.7 Å². The molecule has 2 atom stereocenters. The SMILES string of the molecule is CC(C)N1CCC(C(F)CO)C1. The number of nitrogens with zero attached hydrogens (tertiary/aromatic N) is 1. The average molecular weight is 175 g/mol. The lowest BCUT2D eigenvalue weighted by atomic mass is 10.0. The van der Waals surface area contributed by atoms with Crippen LogP contribution in [0.1, 0.15) is 20.3 Å². The Bertz CT molecular complexity index is 140. The molecule has 0 radical (unpaired) electrons. The molecule has 0 aromatic carbocycles. The van der Waals surface area contributed by atoms with Crippen molar-refractivity contribution in [3.05, 3.63) is 0 Å². The Hall–Kier alpha value is -0.150. The van der Waals surface area contributed by atoms with Gasteiger partial charge in [-0.05, 0) is 26.8 Å². The summed E-state index contributed by atoms with van der Waals surface area (Å²) >= 11 is 0. The molecule has 2 unspecified atom stereocenters. The molecular weight excluding hydrogens is 157 g/mol. The van der Waals surface area contributed by atoms with E-state index in [1.807, 2.05) is 0 Å². The highest BCUT2D eigenvalue weighted by atomic mass is 19.1. The minimum Gasteiger partial charge on any atom is -0.393 e. The Morgan fingerprint density at radius 2 is 2.25 bits per heavy atom. The molecule has 3 heteroatoms. The van der Waals surface area contributed by atoms with E-state index < -0.39 is 6.17 Å². The first kappa shape index (κ1) is 9.93. The fraction of sp³-hybridized carbons (Fsp3) is 1.00. The topological polar surface area (TPSA) is 23.5 Å². The van der Waals surface area contributed by atoms with Crippen molar-refractivity contribution in [3.8, 4) is 0 Å². The molecule has 12 heavy (non-hydrogen) atoms. The Morgan fingerprint density at radius 3 is 2.67 bits per heavy atom. The number of alkyl halides is 1. The van der Waals surface area contributed by atoms with E-state index in [0.29, 0.717) is 6.04 Å². The van der Waals surface area contributed by atoms with Gasteiger partial charge in [0.25, 0.3) is 0 Å². The maximum atomic E-state index is 13.0. The number of rotatable bonds is 3. The van der Waals surface area contributed by atoms with Crippen LogP contribution in [-0.2, 0) is 0 Å². The Kier molecular flexibility index (Phi) is 3.47. The van der Waals surface area contributed by atoms with Crippen LogP contribution in [0.25, 0.3) is 0 Å². The summed E-state index contributed by atoms with van der Waals surface area (Å²) in [7, 11) is 0. The van der Waals surface area contributed by atoms with Crippen LogP contribution in [0.5, 0.6) is 0 Å². The maximum Gasteiger partial charge on any atom is 0.127 e. The van der Waals surface area contributed by atoms with Crippen molar-refractivity contribution in [3.63, 3.8) is 0 Å². The molecule has 1 saturated heterocycles. The monoisotopic (exact) mass is 175 g/mol. The molecule has 0 amide bonds. The highest BCUT2D eigenvalue weighted by Gasteiger charge is 2.29. The molecule has 0 bridgehead atoms. The highest BCUT2D eigenvalue weighted by Crippen LogP contribution is 2.22. The van der Waals surface area contributed by atoms with E-state index in [1.54, 1.807) is 0 Å². The Balaban J connectivity index is 2.35. The summed E-state index contributed by atoms with van der Waals surface area (Å²) < 4.78 is 13.0. The minimum absolute atomic E-state index is 0.0531. The molecule has 0 spiro atoms. The molecule has 1 rings (SSSR count). The van der Waals surface area contributed by atoms with Gasteiger partial charge in [0, 0.05) is 18.5 Å². The largest absolute Gasteiger partial charge is 0.393 e. The summed E-state index contributed by atoms with van der Waals surface area (Å²) in [5.41, 5.74) is 0. The third-order valence-electron chi connectivity index (χ3n) is 2.67. The first-order valence-corrected chi connectivity index (χ1v) is 4.64. The van der Waals surface area contributed by atoms with Crippen LogP contribution in [0.15, 0.2) is 0 Å². The van der Waals surface area contributed by atoms with Crippen molar-refractivity contribution in [1.29, 1.82) is 0 Å². The number of aliphatic hydroxyl groups excluding tert-OH is 1. The van der Waals surface area contributed by atoms with E-state index in [-0.39, 0.29) is 12.5 Å². The minimum atomic E-state index is -1.02. The van der Waals surface area contributed by atoms with Gasteiger partial charge in [0.05, 0.1) is 6.61 Å². The van der Waals surface area contributed by atoms with E-state index in [2.05, 4.69) is 18.7 Å². The van der Waals surface area contributed by atoms with Crippen molar-refractivity contribution in [2.24, 2.45) is 5.92 Å². The lowest BCUT2D eigenvalue weighted by Crippen LogP contribution is -2.30. The molecule has 1 fully saturated rings. The fourth-order valence-electron chi connectivity index (χ4n) is 1.73. The lowest BCUT2D eigenvalue weighted by molar-refractivity contribution is 0.124. The Morgan fingerprint density at radius 1 is 1.58 bits per heavy atom. The molecule has 0 saturated carbocycles. The van der Waals surface area contributed by atoms with E-state index in [1.165, 1.54) is 0 Å². The molecule has 0 aromatic rings. The second-order valence-corrected chi connectivity index (χ2v) is 3.84. The highest BCUT2D eigenvalue weighted by molar-refractivity contribution is 4.82. The van der Waals surface area contributed by atoms with Gasteiger partial charge in [0.1, 0.15) is 6.17 Å². The maximum absolute atomic E-state index is 13.0.